The summed E-state index contributed by atoms with van der Waals surface area (Å²) in [5, 5.41) is 3.11. The summed E-state index contributed by atoms with van der Waals surface area (Å²) in [5.74, 6) is 1.09. The second-order valence-electron chi connectivity index (χ2n) is 7.47. The fourth-order valence-corrected chi connectivity index (χ4v) is 6.62. The van der Waals surface area contributed by atoms with E-state index in [0.29, 0.717) is 31.9 Å². The number of rotatable bonds is 6. The standard InChI is InChI=1S/C22H26N2O5S2/c1-28-19-7-6-16(14-21(19)31(26,27)24-9-11-29-12-10-24)15-22(25)23-18-8-13-30-20-5-3-2-4-17(18)20/h2-7,14,18H,8-13,15H2,1H3,(H,23,25). The van der Waals surface area contributed by atoms with Crippen LogP contribution in [0, 0.1) is 0 Å². The third kappa shape index (κ3) is 4.90. The average molecular weight is 463 g/mol. The van der Waals surface area contributed by atoms with E-state index in [2.05, 4.69) is 11.4 Å². The number of nitrogens with one attached hydrogen (secondary N) is 1. The molecular formula is C22H26N2O5S2. The van der Waals surface area contributed by atoms with Gasteiger partial charge in [-0.05, 0) is 35.7 Å². The summed E-state index contributed by atoms with van der Waals surface area (Å²) in [6.45, 7) is 1.33. The van der Waals surface area contributed by atoms with E-state index < -0.39 is 10.0 Å². The molecule has 1 saturated heterocycles. The van der Waals surface area contributed by atoms with Crippen LogP contribution in [0.1, 0.15) is 23.6 Å². The molecule has 7 nitrogen and oxygen atoms in total. The van der Waals surface area contributed by atoms with Crippen molar-refractivity contribution in [2.45, 2.75) is 28.7 Å². The van der Waals surface area contributed by atoms with Gasteiger partial charge >= 0.3 is 0 Å². The molecule has 1 amide bonds. The molecule has 0 aromatic heterocycles. The fraction of sp³-hybridized carbons (Fsp3) is 0.409. The number of hydrogen-bond acceptors (Lipinski definition) is 6. The molecule has 31 heavy (non-hydrogen) atoms. The highest BCUT2D eigenvalue weighted by Gasteiger charge is 2.30. The van der Waals surface area contributed by atoms with E-state index >= 15 is 0 Å². The van der Waals surface area contributed by atoms with Crippen molar-refractivity contribution >= 4 is 27.7 Å². The number of carbonyl (C=O) groups excluding carboxylic acids is 1. The number of morpholine rings is 1. The highest BCUT2D eigenvalue weighted by molar-refractivity contribution is 7.99. The Balaban J connectivity index is 1.52. The van der Waals surface area contributed by atoms with Crippen LogP contribution in [0.5, 0.6) is 5.75 Å². The fourth-order valence-electron chi connectivity index (χ4n) is 3.88. The van der Waals surface area contributed by atoms with Crippen molar-refractivity contribution in [3.63, 3.8) is 0 Å². The zero-order chi connectivity index (χ0) is 21.8. The van der Waals surface area contributed by atoms with Crippen molar-refractivity contribution < 1.29 is 22.7 Å². The van der Waals surface area contributed by atoms with Gasteiger partial charge in [0.1, 0.15) is 10.6 Å². The third-order valence-electron chi connectivity index (χ3n) is 5.47. The predicted octanol–water partition coefficient (Wildman–Crippen LogP) is 2.61. The molecule has 1 unspecified atom stereocenters. The van der Waals surface area contributed by atoms with Crippen LogP contribution in [-0.4, -0.2) is 57.8 Å². The zero-order valence-corrected chi connectivity index (χ0v) is 19.0. The third-order valence-corrected chi connectivity index (χ3v) is 8.52. The van der Waals surface area contributed by atoms with Gasteiger partial charge < -0.3 is 14.8 Å². The number of methoxy groups -OCH3 is 1. The summed E-state index contributed by atoms with van der Waals surface area (Å²) in [6.07, 6.45) is 0.966. The summed E-state index contributed by atoms with van der Waals surface area (Å²) in [7, 11) is -2.29. The quantitative estimate of drug-likeness (QED) is 0.710. The summed E-state index contributed by atoms with van der Waals surface area (Å²) in [4.78, 5) is 14.1. The van der Waals surface area contributed by atoms with Crippen LogP contribution < -0.4 is 10.1 Å². The molecule has 166 valence electrons. The molecule has 4 rings (SSSR count). The maximum atomic E-state index is 13.1. The van der Waals surface area contributed by atoms with Crippen molar-refractivity contribution in [3.05, 3.63) is 53.6 Å². The molecule has 0 aliphatic carbocycles. The first kappa shape index (κ1) is 22.1. The summed E-state index contributed by atoms with van der Waals surface area (Å²) in [5.41, 5.74) is 1.76. The molecule has 0 radical (unpaired) electrons. The first-order chi connectivity index (χ1) is 15.0. The number of ether oxygens (including phenoxy) is 2. The van der Waals surface area contributed by atoms with Crippen molar-refractivity contribution in [2.75, 3.05) is 39.2 Å². The van der Waals surface area contributed by atoms with E-state index in [0.717, 1.165) is 17.7 Å². The maximum absolute atomic E-state index is 13.1. The second-order valence-corrected chi connectivity index (χ2v) is 10.5. The van der Waals surface area contributed by atoms with E-state index in [1.807, 2.05) is 18.2 Å². The summed E-state index contributed by atoms with van der Waals surface area (Å²) < 4.78 is 38.3. The average Bonchev–Trinajstić information content (AvgIpc) is 2.80. The Kier molecular flexibility index (Phi) is 6.86. The normalized spacial score (nSPS) is 19.5. The van der Waals surface area contributed by atoms with Gasteiger partial charge in [0.25, 0.3) is 0 Å². The van der Waals surface area contributed by atoms with Crippen LogP contribution in [0.2, 0.25) is 0 Å². The number of sulfonamides is 1. The van der Waals surface area contributed by atoms with Crippen LogP contribution in [0.3, 0.4) is 0 Å². The molecule has 2 heterocycles. The molecule has 0 saturated carbocycles. The summed E-state index contributed by atoms with van der Waals surface area (Å²) >= 11 is 1.80. The lowest BCUT2D eigenvalue weighted by Crippen LogP contribution is -2.40. The monoisotopic (exact) mass is 462 g/mol. The van der Waals surface area contributed by atoms with E-state index in [1.165, 1.54) is 16.3 Å². The minimum absolute atomic E-state index is 0.0280. The lowest BCUT2D eigenvalue weighted by atomic mass is 10.0. The zero-order valence-electron chi connectivity index (χ0n) is 17.4. The Morgan fingerprint density at radius 2 is 2.00 bits per heavy atom. The van der Waals surface area contributed by atoms with Crippen molar-refractivity contribution in [2.24, 2.45) is 0 Å². The minimum Gasteiger partial charge on any atom is -0.495 e. The molecule has 0 bridgehead atoms. The van der Waals surface area contributed by atoms with E-state index in [1.54, 1.807) is 30.0 Å². The Hall–Kier alpha value is -2.07. The van der Waals surface area contributed by atoms with Crippen LogP contribution in [0.15, 0.2) is 52.3 Å². The topological polar surface area (TPSA) is 84.9 Å². The number of carbonyl (C=O) groups is 1. The number of fused-ring (bicyclic) bond motifs is 1. The van der Waals surface area contributed by atoms with Crippen molar-refractivity contribution in [1.29, 1.82) is 0 Å². The van der Waals surface area contributed by atoms with Crippen LogP contribution in [0.25, 0.3) is 0 Å². The van der Waals surface area contributed by atoms with Crippen LogP contribution in [0.4, 0.5) is 0 Å². The SMILES string of the molecule is COc1ccc(CC(=O)NC2CCSc3ccccc32)cc1S(=O)(=O)N1CCOCC1. The number of nitrogens with zero attached hydrogens (tertiary/aromatic N) is 1. The molecular weight excluding hydrogens is 436 g/mol. The van der Waals surface area contributed by atoms with Gasteiger partial charge in [-0.3, -0.25) is 4.79 Å². The molecule has 2 aliphatic heterocycles. The van der Waals surface area contributed by atoms with Gasteiger partial charge in [-0.1, -0.05) is 24.3 Å². The molecule has 9 heteroatoms. The molecule has 1 fully saturated rings. The molecule has 1 atom stereocenters. The van der Waals surface area contributed by atoms with E-state index in [4.69, 9.17) is 9.47 Å². The van der Waals surface area contributed by atoms with Crippen molar-refractivity contribution in [1.82, 2.24) is 9.62 Å². The van der Waals surface area contributed by atoms with Gasteiger partial charge in [0.15, 0.2) is 0 Å². The van der Waals surface area contributed by atoms with Crippen LogP contribution in [-0.2, 0) is 26.0 Å². The predicted molar refractivity (Wildman–Crippen MR) is 119 cm³/mol. The first-order valence-corrected chi connectivity index (χ1v) is 12.7. The number of amides is 1. The van der Waals surface area contributed by atoms with Crippen molar-refractivity contribution in [3.8, 4) is 5.75 Å². The largest absolute Gasteiger partial charge is 0.495 e. The maximum Gasteiger partial charge on any atom is 0.246 e. The number of benzene rings is 2. The highest BCUT2D eigenvalue weighted by Crippen LogP contribution is 2.36. The highest BCUT2D eigenvalue weighted by atomic mass is 32.2. The Labute approximate surface area is 187 Å². The van der Waals surface area contributed by atoms with Gasteiger partial charge in [0, 0.05) is 23.7 Å². The molecule has 1 N–H and O–H groups in total. The Bertz CT molecular complexity index is 1050. The Morgan fingerprint density at radius 3 is 2.77 bits per heavy atom. The van der Waals surface area contributed by atoms with Crippen LogP contribution >= 0.6 is 11.8 Å². The number of hydrogen-bond donors (Lipinski definition) is 1. The smallest absolute Gasteiger partial charge is 0.246 e. The first-order valence-electron chi connectivity index (χ1n) is 10.2. The lowest BCUT2D eigenvalue weighted by molar-refractivity contribution is -0.121. The van der Waals surface area contributed by atoms with Gasteiger partial charge in [0.2, 0.25) is 15.9 Å². The minimum atomic E-state index is -3.74. The molecule has 2 aromatic rings. The number of thioether (sulfide) groups is 1. The van der Waals surface area contributed by atoms with E-state index in [9.17, 15) is 13.2 Å². The second kappa shape index (κ2) is 9.60. The van der Waals surface area contributed by atoms with Gasteiger partial charge in [-0.25, -0.2) is 8.42 Å². The summed E-state index contributed by atoms with van der Waals surface area (Å²) in [6, 6.07) is 13.0. The molecule has 0 spiro atoms. The molecule has 2 aromatic carbocycles. The lowest BCUT2D eigenvalue weighted by Gasteiger charge is -2.27. The van der Waals surface area contributed by atoms with Gasteiger partial charge in [-0.2, -0.15) is 4.31 Å². The molecule has 2 aliphatic rings. The van der Waals surface area contributed by atoms with Gasteiger partial charge in [-0.15, -0.1) is 11.8 Å². The van der Waals surface area contributed by atoms with Gasteiger partial charge in [0.05, 0.1) is 32.8 Å². The van der Waals surface area contributed by atoms with E-state index in [-0.39, 0.29) is 29.0 Å². The Morgan fingerprint density at radius 1 is 1.23 bits per heavy atom.